The number of nitrogens with zero attached hydrogens (tertiary/aromatic N) is 2. The molecule has 2 aromatic rings. The number of benzene rings is 1. The maximum atomic E-state index is 13.3. The zero-order valence-corrected chi connectivity index (χ0v) is 12.4. The molecule has 0 radical (unpaired) electrons. The van der Waals surface area contributed by atoms with Crippen molar-refractivity contribution in [3.05, 3.63) is 42.0 Å². The van der Waals surface area contributed by atoms with Gasteiger partial charge >= 0.3 is 0 Å². The molecule has 2 fully saturated rings. The Bertz CT molecular complexity index is 671. The number of nitrogens with two attached hydrogens (primary N) is 1. The summed E-state index contributed by atoms with van der Waals surface area (Å²) in [6, 6.07) is 6.68. The molecular formula is C17H20FN3O. The van der Waals surface area contributed by atoms with Crippen molar-refractivity contribution in [3.63, 3.8) is 0 Å². The van der Waals surface area contributed by atoms with Gasteiger partial charge in [-0.15, -0.1) is 0 Å². The van der Waals surface area contributed by atoms with Crippen LogP contribution < -0.4 is 5.73 Å². The number of aromatic nitrogens is 1. The van der Waals surface area contributed by atoms with Gasteiger partial charge < -0.3 is 10.2 Å². The Labute approximate surface area is 129 Å². The predicted octanol–water partition coefficient (Wildman–Crippen LogP) is 2.65. The summed E-state index contributed by atoms with van der Waals surface area (Å²) in [5.41, 5.74) is 7.74. The van der Waals surface area contributed by atoms with Crippen LogP contribution in [0.25, 0.3) is 11.5 Å². The van der Waals surface area contributed by atoms with Crippen LogP contribution >= 0.6 is 0 Å². The van der Waals surface area contributed by atoms with E-state index in [9.17, 15) is 4.39 Å². The van der Waals surface area contributed by atoms with Gasteiger partial charge in [0.05, 0.1) is 5.69 Å². The third-order valence-electron chi connectivity index (χ3n) is 5.00. The third kappa shape index (κ3) is 2.55. The zero-order valence-electron chi connectivity index (χ0n) is 12.4. The number of likely N-dealkylation sites (tertiary alicyclic amines) is 1. The van der Waals surface area contributed by atoms with Crippen LogP contribution in [0.15, 0.2) is 34.9 Å². The van der Waals surface area contributed by atoms with E-state index in [-0.39, 0.29) is 5.82 Å². The Morgan fingerprint density at radius 3 is 3.05 bits per heavy atom. The number of halogens is 1. The second-order valence-corrected chi connectivity index (χ2v) is 6.51. The van der Waals surface area contributed by atoms with Crippen molar-refractivity contribution in [2.45, 2.75) is 25.4 Å². The first-order chi connectivity index (χ1) is 10.7. The van der Waals surface area contributed by atoms with Gasteiger partial charge in [0.25, 0.3) is 0 Å². The van der Waals surface area contributed by atoms with Gasteiger partial charge in [-0.3, -0.25) is 4.90 Å². The summed E-state index contributed by atoms with van der Waals surface area (Å²) in [5.74, 6) is 1.57. The van der Waals surface area contributed by atoms with Crippen molar-refractivity contribution < 1.29 is 8.81 Å². The Morgan fingerprint density at radius 1 is 1.32 bits per heavy atom. The van der Waals surface area contributed by atoms with Gasteiger partial charge in [-0.25, -0.2) is 9.37 Å². The predicted molar refractivity (Wildman–Crippen MR) is 81.4 cm³/mol. The molecule has 0 amide bonds. The average Bonchev–Trinajstić information content (AvgIpc) is 3.18. The van der Waals surface area contributed by atoms with E-state index in [0.717, 1.165) is 37.7 Å². The van der Waals surface area contributed by atoms with E-state index in [1.165, 1.54) is 18.6 Å². The average molecular weight is 301 g/mol. The highest BCUT2D eigenvalue weighted by Crippen LogP contribution is 2.37. The minimum atomic E-state index is -0.279. The second kappa shape index (κ2) is 5.48. The van der Waals surface area contributed by atoms with Crippen LogP contribution in [-0.2, 0) is 6.54 Å². The summed E-state index contributed by atoms with van der Waals surface area (Å²) < 4.78 is 18.8. The fraction of sp³-hybridized carbons (Fsp3) is 0.471. The molecule has 0 bridgehead atoms. The second-order valence-electron chi connectivity index (χ2n) is 6.51. The number of rotatable bonds is 3. The molecule has 1 aromatic heterocycles. The first kappa shape index (κ1) is 13.9. The van der Waals surface area contributed by atoms with Crippen LogP contribution in [0.2, 0.25) is 0 Å². The van der Waals surface area contributed by atoms with Gasteiger partial charge in [0.1, 0.15) is 12.1 Å². The van der Waals surface area contributed by atoms with E-state index in [0.29, 0.717) is 23.4 Å². The minimum absolute atomic E-state index is 0.279. The molecule has 22 heavy (non-hydrogen) atoms. The highest BCUT2D eigenvalue weighted by Gasteiger charge is 2.40. The van der Waals surface area contributed by atoms with Crippen molar-refractivity contribution in [1.29, 1.82) is 0 Å². The molecule has 2 N–H and O–H groups in total. The smallest absolute Gasteiger partial charge is 0.226 e. The summed E-state index contributed by atoms with van der Waals surface area (Å²) in [6.07, 6.45) is 4.08. The summed E-state index contributed by atoms with van der Waals surface area (Å²) in [5, 5.41) is 0. The molecule has 2 heterocycles. The van der Waals surface area contributed by atoms with Crippen molar-refractivity contribution in [1.82, 2.24) is 9.88 Å². The summed E-state index contributed by atoms with van der Waals surface area (Å²) >= 11 is 0. The Balaban J connectivity index is 1.45. The quantitative estimate of drug-likeness (QED) is 0.947. The SMILES string of the molecule is NC1CCC2CN(Cc3coc(-c4cccc(F)c4)n3)CC12. The first-order valence-electron chi connectivity index (χ1n) is 7.87. The highest BCUT2D eigenvalue weighted by atomic mass is 19.1. The van der Waals surface area contributed by atoms with E-state index in [1.807, 2.05) is 0 Å². The molecule has 5 heteroatoms. The lowest BCUT2D eigenvalue weighted by Gasteiger charge is -2.16. The van der Waals surface area contributed by atoms with Crippen LogP contribution in [0.4, 0.5) is 4.39 Å². The molecule has 1 aromatic carbocycles. The number of hydrogen-bond acceptors (Lipinski definition) is 4. The van der Waals surface area contributed by atoms with Gasteiger partial charge in [-0.2, -0.15) is 0 Å². The minimum Gasteiger partial charge on any atom is -0.444 e. The van der Waals surface area contributed by atoms with Gasteiger partial charge in [-0.1, -0.05) is 6.07 Å². The van der Waals surface area contributed by atoms with Crippen molar-refractivity contribution >= 4 is 0 Å². The molecule has 3 atom stereocenters. The zero-order chi connectivity index (χ0) is 15.1. The molecule has 1 aliphatic carbocycles. The molecule has 1 saturated heterocycles. The van der Waals surface area contributed by atoms with Crippen molar-refractivity contribution in [3.8, 4) is 11.5 Å². The van der Waals surface area contributed by atoms with Gasteiger partial charge in [-0.05, 0) is 42.9 Å². The van der Waals surface area contributed by atoms with Crippen LogP contribution in [0.3, 0.4) is 0 Å². The number of hydrogen-bond donors (Lipinski definition) is 1. The maximum absolute atomic E-state index is 13.3. The van der Waals surface area contributed by atoms with E-state index in [2.05, 4.69) is 9.88 Å². The molecule has 4 nitrogen and oxygen atoms in total. The molecule has 0 spiro atoms. The molecule has 2 aliphatic rings. The topological polar surface area (TPSA) is 55.3 Å². The first-order valence-corrected chi connectivity index (χ1v) is 7.87. The molecule has 3 unspecified atom stereocenters. The normalized spacial score (nSPS) is 28.2. The Hall–Kier alpha value is -1.72. The fourth-order valence-corrected chi connectivity index (χ4v) is 3.89. The monoisotopic (exact) mass is 301 g/mol. The Kier molecular flexibility index (Phi) is 3.47. The van der Waals surface area contributed by atoms with Crippen LogP contribution in [0.5, 0.6) is 0 Å². The molecular weight excluding hydrogens is 281 g/mol. The van der Waals surface area contributed by atoms with Crippen LogP contribution in [-0.4, -0.2) is 29.0 Å². The highest BCUT2D eigenvalue weighted by molar-refractivity contribution is 5.52. The van der Waals surface area contributed by atoms with Crippen LogP contribution in [0, 0.1) is 17.7 Å². The third-order valence-corrected chi connectivity index (χ3v) is 5.00. The van der Waals surface area contributed by atoms with Crippen molar-refractivity contribution in [2.75, 3.05) is 13.1 Å². The lowest BCUT2D eigenvalue weighted by Crippen LogP contribution is -2.30. The summed E-state index contributed by atoms with van der Waals surface area (Å²) in [4.78, 5) is 6.90. The lowest BCUT2D eigenvalue weighted by atomic mass is 9.98. The summed E-state index contributed by atoms with van der Waals surface area (Å²) in [7, 11) is 0. The van der Waals surface area contributed by atoms with Gasteiger partial charge in [0.15, 0.2) is 0 Å². The largest absolute Gasteiger partial charge is 0.444 e. The van der Waals surface area contributed by atoms with Crippen molar-refractivity contribution in [2.24, 2.45) is 17.6 Å². The van der Waals surface area contributed by atoms with E-state index < -0.39 is 0 Å². The molecule has 116 valence electrons. The number of fused-ring (bicyclic) bond motifs is 1. The lowest BCUT2D eigenvalue weighted by molar-refractivity contribution is 0.294. The van der Waals surface area contributed by atoms with E-state index >= 15 is 0 Å². The molecule has 1 saturated carbocycles. The van der Waals surface area contributed by atoms with Crippen LogP contribution in [0.1, 0.15) is 18.5 Å². The standard InChI is InChI=1S/C17H20FN3O/c18-13-3-1-2-11(6-13)17-20-14(10-22-17)8-21-7-12-4-5-16(19)15(12)9-21/h1-3,6,10,12,15-16H,4-5,7-9,19H2. The fourth-order valence-electron chi connectivity index (χ4n) is 3.89. The maximum Gasteiger partial charge on any atom is 0.226 e. The Morgan fingerprint density at radius 2 is 2.23 bits per heavy atom. The van der Waals surface area contributed by atoms with E-state index in [4.69, 9.17) is 10.2 Å². The van der Waals surface area contributed by atoms with Gasteiger partial charge in [0.2, 0.25) is 5.89 Å². The van der Waals surface area contributed by atoms with E-state index in [1.54, 1.807) is 18.4 Å². The molecule has 4 rings (SSSR count). The van der Waals surface area contributed by atoms with Gasteiger partial charge in [0, 0.05) is 31.2 Å². The summed E-state index contributed by atoms with van der Waals surface area (Å²) in [6.45, 7) is 2.92. The molecule has 1 aliphatic heterocycles. The number of oxazole rings is 1.